The highest BCUT2D eigenvalue weighted by Gasteiger charge is 2.25. The number of anilines is 2. The van der Waals surface area contributed by atoms with E-state index in [1.54, 1.807) is 60.7 Å². The van der Waals surface area contributed by atoms with Gasteiger partial charge >= 0.3 is 0 Å². The number of methoxy groups -OCH3 is 1. The zero-order valence-electron chi connectivity index (χ0n) is 18.1. The summed E-state index contributed by atoms with van der Waals surface area (Å²) < 4.78 is 33.3. The van der Waals surface area contributed by atoms with Crippen LogP contribution in [0.4, 0.5) is 11.4 Å². The normalized spacial score (nSPS) is 11.1. The number of amides is 1. The Morgan fingerprint density at radius 3 is 2.31 bits per heavy atom. The second kappa shape index (κ2) is 10.1. The molecule has 0 aliphatic heterocycles. The van der Waals surface area contributed by atoms with Gasteiger partial charge in [0.1, 0.15) is 5.75 Å². The van der Waals surface area contributed by atoms with Crippen molar-refractivity contribution in [2.75, 3.05) is 23.3 Å². The van der Waals surface area contributed by atoms with Crippen molar-refractivity contribution >= 4 is 38.9 Å². The summed E-state index contributed by atoms with van der Waals surface area (Å²) in [6.07, 6.45) is -0.0508. The van der Waals surface area contributed by atoms with E-state index in [2.05, 4.69) is 5.32 Å². The van der Waals surface area contributed by atoms with Crippen LogP contribution in [0.15, 0.2) is 71.6 Å². The molecule has 3 aromatic rings. The van der Waals surface area contributed by atoms with Crippen LogP contribution >= 0.6 is 11.6 Å². The number of carbonyl (C=O) groups excluding carboxylic acids is 1. The van der Waals surface area contributed by atoms with Gasteiger partial charge in [0.05, 0.1) is 23.4 Å². The predicted molar refractivity (Wildman–Crippen MR) is 128 cm³/mol. The second-order valence-corrected chi connectivity index (χ2v) is 9.60. The number of benzene rings is 3. The Kier molecular flexibility index (Phi) is 7.43. The highest BCUT2D eigenvalue weighted by molar-refractivity contribution is 7.92. The van der Waals surface area contributed by atoms with Gasteiger partial charge in [-0.3, -0.25) is 9.10 Å². The Labute approximate surface area is 193 Å². The van der Waals surface area contributed by atoms with E-state index in [0.29, 0.717) is 22.1 Å². The highest BCUT2D eigenvalue weighted by Crippen LogP contribution is 2.31. The molecule has 32 heavy (non-hydrogen) atoms. The first-order valence-corrected chi connectivity index (χ1v) is 11.8. The molecule has 0 aliphatic rings. The molecule has 0 spiro atoms. The monoisotopic (exact) mass is 472 g/mol. The minimum absolute atomic E-state index is 0.0268. The number of nitrogens with one attached hydrogen (secondary N) is 1. The van der Waals surface area contributed by atoms with Gasteiger partial charge < -0.3 is 10.1 Å². The molecule has 0 fully saturated rings. The average molecular weight is 473 g/mol. The van der Waals surface area contributed by atoms with E-state index in [1.807, 2.05) is 19.9 Å². The first-order valence-electron chi connectivity index (χ1n) is 10.0. The lowest BCUT2D eigenvalue weighted by Crippen LogP contribution is -2.34. The Bertz CT molecular complexity index is 1200. The number of rotatable bonds is 8. The maximum atomic E-state index is 13.4. The van der Waals surface area contributed by atoms with Crippen LogP contribution in [-0.2, 0) is 14.8 Å². The molecule has 3 rings (SSSR count). The molecular weight excluding hydrogens is 448 g/mol. The maximum Gasteiger partial charge on any atom is 0.264 e. The molecular formula is C24H25ClN2O4S. The fourth-order valence-corrected chi connectivity index (χ4v) is 4.78. The van der Waals surface area contributed by atoms with Crippen LogP contribution in [0.3, 0.4) is 0 Å². The molecule has 8 heteroatoms. The first-order chi connectivity index (χ1) is 15.2. The molecule has 6 nitrogen and oxygen atoms in total. The number of hydrogen-bond donors (Lipinski definition) is 1. The van der Waals surface area contributed by atoms with Crippen LogP contribution in [-0.4, -0.2) is 28.0 Å². The third-order valence-corrected chi connectivity index (χ3v) is 7.20. The number of ether oxygens (including phenoxy) is 1. The largest absolute Gasteiger partial charge is 0.495 e. The zero-order valence-corrected chi connectivity index (χ0v) is 19.7. The summed E-state index contributed by atoms with van der Waals surface area (Å²) in [5.41, 5.74) is 2.71. The number of nitrogens with zero attached hydrogens (tertiary/aromatic N) is 1. The second-order valence-electron chi connectivity index (χ2n) is 7.33. The van der Waals surface area contributed by atoms with Crippen molar-refractivity contribution in [1.29, 1.82) is 0 Å². The lowest BCUT2D eigenvalue weighted by atomic mass is 10.2. The molecule has 3 aromatic carbocycles. The zero-order chi connectivity index (χ0) is 23.3. The number of sulfonamides is 1. The molecule has 0 bridgehead atoms. The molecule has 1 amide bonds. The van der Waals surface area contributed by atoms with Gasteiger partial charge in [-0.05, 0) is 49.7 Å². The van der Waals surface area contributed by atoms with Crippen molar-refractivity contribution < 1.29 is 17.9 Å². The molecule has 0 radical (unpaired) electrons. The van der Waals surface area contributed by atoms with E-state index < -0.39 is 10.0 Å². The number of aryl methyl sites for hydroxylation is 2. The number of halogens is 1. The van der Waals surface area contributed by atoms with Crippen molar-refractivity contribution in [3.05, 3.63) is 82.9 Å². The van der Waals surface area contributed by atoms with Crippen molar-refractivity contribution in [3.63, 3.8) is 0 Å². The van der Waals surface area contributed by atoms with Gasteiger partial charge in [0.25, 0.3) is 10.0 Å². The van der Waals surface area contributed by atoms with Crippen LogP contribution < -0.4 is 14.4 Å². The highest BCUT2D eigenvalue weighted by atomic mass is 35.5. The molecule has 0 heterocycles. The van der Waals surface area contributed by atoms with Crippen LogP contribution in [0.2, 0.25) is 5.02 Å². The summed E-state index contributed by atoms with van der Waals surface area (Å²) in [5.74, 6) is 0.0891. The van der Waals surface area contributed by atoms with Gasteiger partial charge in [-0.2, -0.15) is 0 Å². The molecule has 0 atom stereocenters. The van der Waals surface area contributed by atoms with Crippen molar-refractivity contribution in [2.24, 2.45) is 0 Å². The molecule has 0 unspecified atom stereocenters. The molecule has 0 saturated carbocycles. The first kappa shape index (κ1) is 23.6. The van der Waals surface area contributed by atoms with E-state index in [1.165, 1.54) is 11.4 Å². The Hall–Kier alpha value is -3.03. The summed E-state index contributed by atoms with van der Waals surface area (Å²) in [6, 6.07) is 18.7. The maximum absolute atomic E-state index is 13.4. The van der Waals surface area contributed by atoms with Crippen molar-refractivity contribution in [2.45, 2.75) is 25.2 Å². The number of carbonyl (C=O) groups is 1. The quantitative estimate of drug-likeness (QED) is 0.489. The van der Waals surface area contributed by atoms with E-state index in [-0.39, 0.29) is 23.8 Å². The van der Waals surface area contributed by atoms with Gasteiger partial charge in [0.15, 0.2) is 0 Å². The Balaban J connectivity index is 1.83. The van der Waals surface area contributed by atoms with Gasteiger partial charge in [0, 0.05) is 24.1 Å². The lowest BCUT2D eigenvalue weighted by molar-refractivity contribution is -0.116. The lowest BCUT2D eigenvalue weighted by Gasteiger charge is -2.24. The van der Waals surface area contributed by atoms with Crippen molar-refractivity contribution in [3.8, 4) is 5.75 Å². The van der Waals surface area contributed by atoms with E-state index in [9.17, 15) is 13.2 Å². The van der Waals surface area contributed by atoms with Crippen molar-refractivity contribution in [1.82, 2.24) is 0 Å². The molecule has 0 aromatic heterocycles. The third-order valence-electron chi connectivity index (χ3n) is 4.95. The number of hydrogen-bond acceptors (Lipinski definition) is 4. The van der Waals surface area contributed by atoms with Crippen LogP contribution in [0, 0.1) is 13.8 Å². The Morgan fingerprint density at radius 2 is 1.69 bits per heavy atom. The smallest absolute Gasteiger partial charge is 0.264 e. The minimum Gasteiger partial charge on any atom is -0.495 e. The average Bonchev–Trinajstić information content (AvgIpc) is 2.77. The summed E-state index contributed by atoms with van der Waals surface area (Å²) in [4.78, 5) is 12.9. The van der Waals surface area contributed by atoms with Gasteiger partial charge in [-0.25, -0.2) is 8.42 Å². The summed E-state index contributed by atoms with van der Waals surface area (Å²) >= 11 is 6.12. The predicted octanol–water partition coefficient (Wildman–Crippen LogP) is 5.19. The van der Waals surface area contributed by atoms with Crippen LogP contribution in [0.1, 0.15) is 17.5 Å². The minimum atomic E-state index is -3.85. The molecule has 1 N–H and O–H groups in total. The third kappa shape index (κ3) is 5.41. The standard InChI is InChI=1S/C24H25ClN2O4S/c1-17-9-11-20(12-10-17)32(29,30)27(19-7-5-4-6-8-19)14-13-24(28)26-22-15-18(2)21(25)16-23(22)31-3/h4-12,15-16H,13-14H2,1-3H3,(H,26,28). The van der Waals surface area contributed by atoms with Gasteiger partial charge in [0.2, 0.25) is 5.91 Å². The molecule has 0 saturated heterocycles. The Morgan fingerprint density at radius 1 is 1.03 bits per heavy atom. The van der Waals surface area contributed by atoms with E-state index >= 15 is 0 Å². The topological polar surface area (TPSA) is 75.7 Å². The van der Waals surface area contributed by atoms with E-state index in [0.717, 1.165) is 11.1 Å². The summed E-state index contributed by atoms with van der Waals surface area (Å²) in [5, 5.41) is 3.32. The van der Waals surface area contributed by atoms with Gasteiger partial charge in [-0.1, -0.05) is 47.5 Å². The fraction of sp³-hybridized carbons (Fsp3) is 0.208. The van der Waals surface area contributed by atoms with Crippen LogP contribution in [0.5, 0.6) is 5.75 Å². The fourth-order valence-electron chi connectivity index (χ4n) is 3.17. The van der Waals surface area contributed by atoms with Crippen LogP contribution in [0.25, 0.3) is 0 Å². The SMILES string of the molecule is COc1cc(Cl)c(C)cc1NC(=O)CCN(c1ccccc1)S(=O)(=O)c1ccc(C)cc1. The number of para-hydroxylation sites is 1. The van der Waals surface area contributed by atoms with E-state index in [4.69, 9.17) is 16.3 Å². The molecule has 168 valence electrons. The summed E-state index contributed by atoms with van der Waals surface area (Å²) in [6.45, 7) is 3.69. The summed E-state index contributed by atoms with van der Waals surface area (Å²) in [7, 11) is -2.37. The molecule has 0 aliphatic carbocycles. The van der Waals surface area contributed by atoms with Gasteiger partial charge in [-0.15, -0.1) is 0 Å².